The lowest BCUT2D eigenvalue weighted by Gasteiger charge is -2.14. The van der Waals surface area contributed by atoms with Crippen molar-refractivity contribution in [3.8, 4) is 11.3 Å². The highest BCUT2D eigenvalue weighted by atomic mass is 19.4. The normalized spacial score (nSPS) is 12.7. The first-order valence-corrected chi connectivity index (χ1v) is 4.86. The van der Waals surface area contributed by atoms with E-state index in [-0.39, 0.29) is 11.8 Å². The van der Waals surface area contributed by atoms with Crippen LogP contribution >= 0.6 is 0 Å². The number of benzene rings is 1. The first-order valence-electron chi connectivity index (χ1n) is 4.86. The summed E-state index contributed by atoms with van der Waals surface area (Å²) in [5, 5.41) is 0. The van der Waals surface area contributed by atoms with Crippen LogP contribution < -0.4 is 0 Å². The largest absolute Gasteiger partial charge is 0.451 e. The van der Waals surface area contributed by atoms with Gasteiger partial charge in [0.05, 0.1) is 11.1 Å². The summed E-state index contributed by atoms with van der Waals surface area (Å²) in [7, 11) is 0. The number of alkyl halides is 6. The first kappa shape index (κ1) is 13.4. The third-order valence-electron chi connectivity index (χ3n) is 2.36. The van der Waals surface area contributed by atoms with Crippen LogP contribution in [0.1, 0.15) is 11.1 Å². The molecular formula is C11H5F6NO. The van der Waals surface area contributed by atoms with E-state index >= 15 is 0 Å². The van der Waals surface area contributed by atoms with Crippen molar-refractivity contribution in [1.82, 2.24) is 4.98 Å². The minimum Gasteiger partial charge on any atom is -0.451 e. The molecule has 0 saturated heterocycles. The summed E-state index contributed by atoms with van der Waals surface area (Å²) in [6, 6.07) is 1.35. The molecule has 1 aromatic carbocycles. The third-order valence-corrected chi connectivity index (χ3v) is 2.36. The molecule has 0 N–H and O–H groups in total. The van der Waals surface area contributed by atoms with Crippen LogP contribution in [-0.2, 0) is 12.4 Å². The fraction of sp³-hybridized carbons (Fsp3) is 0.182. The predicted octanol–water partition coefficient (Wildman–Crippen LogP) is 4.38. The lowest BCUT2D eigenvalue weighted by Crippen LogP contribution is -2.12. The number of halogens is 6. The Morgan fingerprint density at radius 2 is 1.63 bits per heavy atom. The minimum atomic E-state index is -4.92. The zero-order valence-corrected chi connectivity index (χ0v) is 9.01. The average molecular weight is 281 g/mol. The van der Waals surface area contributed by atoms with Gasteiger partial charge in [-0.2, -0.15) is 26.3 Å². The molecule has 2 rings (SSSR count). The number of hydrogen-bond donors (Lipinski definition) is 0. The maximum atomic E-state index is 12.8. The van der Waals surface area contributed by atoms with E-state index in [1.54, 1.807) is 0 Å². The van der Waals surface area contributed by atoms with Crippen molar-refractivity contribution in [3.05, 3.63) is 42.0 Å². The predicted molar refractivity (Wildman–Crippen MR) is 51.9 cm³/mol. The third kappa shape index (κ3) is 2.72. The van der Waals surface area contributed by atoms with Crippen LogP contribution in [0, 0.1) is 0 Å². The Morgan fingerprint density at radius 3 is 2.11 bits per heavy atom. The van der Waals surface area contributed by atoms with Gasteiger partial charge in [-0.05, 0) is 12.1 Å². The maximum Gasteiger partial charge on any atom is 0.417 e. The molecule has 0 unspecified atom stereocenters. The SMILES string of the molecule is FC(F)(F)c1ccc(-c2cocn2)c(C(F)(F)F)c1. The van der Waals surface area contributed by atoms with Crippen molar-refractivity contribution in [2.45, 2.75) is 12.4 Å². The fourth-order valence-corrected chi connectivity index (χ4v) is 1.52. The molecular weight excluding hydrogens is 276 g/mol. The van der Waals surface area contributed by atoms with Gasteiger partial charge < -0.3 is 4.42 Å². The monoisotopic (exact) mass is 281 g/mol. The second-order valence-electron chi connectivity index (χ2n) is 3.63. The van der Waals surface area contributed by atoms with E-state index in [1.807, 2.05) is 0 Å². The first-order chi connectivity index (χ1) is 8.69. The highest BCUT2D eigenvalue weighted by molar-refractivity contribution is 5.64. The number of rotatable bonds is 1. The van der Waals surface area contributed by atoms with E-state index in [2.05, 4.69) is 9.40 Å². The highest BCUT2D eigenvalue weighted by Crippen LogP contribution is 2.40. The molecule has 1 heterocycles. The molecule has 0 aliphatic rings. The Kier molecular flexibility index (Phi) is 3.03. The van der Waals surface area contributed by atoms with Crippen LogP contribution in [0.4, 0.5) is 26.3 Å². The molecule has 0 fully saturated rings. The van der Waals surface area contributed by atoms with Gasteiger partial charge in [0.25, 0.3) is 0 Å². The van der Waals surface area contributed by atoms with Crippen LogP contribution in [-0.4, -0.2) is 4.98 Å². The molecule has 1 aromatic heterocycles. The van der Waals surface area contributed by atoms with E-state index in [0.29, 0.717) is 6.07 Å². The molecule has 0 spiro atoms. The summed E-state index contributed by atoms with van der Waals surface area (Å²) in [4.78, 5) is 3.50. The summed E-state index contributed by atoms with van der Waals surface area (Å²) < 4.78 is 80.2. The Hall–Kier alpha value is -1.99. The van der Waals surface area contributed by atoms with Gasteiger partial charge in [0.2, 0.25) is 0 Å². The number of nitrogens with zero attached hydrogens (tertiary/aromatic N) is 1. The molecule has 0 atom stereocenters. The molecule has 102 valence electrons. The van der Waals surface area contributed by atoms with Crippen molar-refractivity contribution in [3.63, 3.8) is 0 Å². The zero-order chi connectivity index (χ0) is 14.3. The Bertz CT molecular complexity index is 570. The molecule has 19 heavy (non-hydrogen) atoms. The fourth-order valence-electron chi connectivity index (χ4n) is 1.52. The highest BCUT2D eigenvalue weighted by Gasteiger charge is 2.38. The maximum absolute atomic E-state index is 12.8. The van der Waals surface area contributed by atoms with E-state index in [1.165, 1.54) is 0 Å². The quantitative estimate of drug-likeness (QED) is 0.725. The molecule has 2 nitrogen and oxygen atoms in total. The average Bonchev–Trinajstić information content (AvgIpc) is 2.79. The van der Waals surface area contributed by atoms with Crippen molar-refractivity contribution in [2.24, 2.45) is 0 Å². The van der Waals surface area contributed by atoms with Crippen molar-refractivity contribution in [2.75, 3.05) is 0 Å². The molecule has 0 amide bonds. The molecule has 0 aliphatic heterocycles. The van der Waals surface area contributed by atoms with Crippen LogP contribution in [0.15, 0.2) is 35.3 Å². The summed E-state index contributed by atoms with van der Waals surface area (Å²) in [6.07, 6.45) is -7.94. The lowest BCUT2D eigenvalue weighted by atomic mass is 10.0. The second-order valence-corrected chi connectivity index (χ2v) is 3.63. The molecule has 0 bridgehead atoms. The molecule has 0 saturated carbocycles. The smallest absolute Gasteiger partial charge is 0.417 e. The van der Waals surface area contributed by atoms with Gasteiger partial charge in [-0.1, -0.05) is 6.07 Å². The summed E-state index contributed by atoms with van der Waals surface area (Å²) in [6.45, 7) is 0. The summed E-state index contributed by atoms with van der Waals surface area (Å²) in [5.74, 6) is 0. The topological polar surface area (TPSA) is 26.0 Å². The Labute approximate surface area is 102 Å². The van der Waals surface area contributed by atoms with Crippen molar-refractivity contribution in [1.29, 1.82) is 0 Å². The summed E-state index contributed by atoms with van der Waals surface area (Å²) in [5.41, 5.74) is -3.42. The van der Waals surface area contributed by atoms with E-state index in [4.69, 9.17) is 0 Å². The van der Waals surface area contributed by atoms with Gasteiger partial charge in [-0.15, -0.1) is 0 Å². The van der Waals surface area contributed by atoms with Gasteiger partial charge in [0, 0.05) is 5.56 Å². The van der Waals surface area contributed by atoms with Gasteiger partial charge >= 0.3 is 12.4 Å². The minimum absolute atomic E-state index is 0.0595. The molecule has 0 aliphatic carbocycles. The number of oxazole rings is 1. The Balaban J connectivity index is 2.63. The Morgan fingerprint density at radius 1 is 0.947 bits per heavy atom. The van der Waals surface area contributed by atoms with Crippen LogP contribution in [0.3, 0.4) is 0 Å². The van der Waals surface area contributed by atoms with Gasteiger partial charge in [0.1, 0.15) is 12.0 Å². The van der Waals surface area contributed by atoms with Crippen LogP contribution in [0.2, 0.25) is 0 Å². The molecule has 2 aromatic rings. The molecule has 8 heteroatoms. The number of aromatic nitrogens is 1. The molecule has 0 radical (unpaired) electrons. The lowest BCUT2D eigenvalue weighted by molar-refractivity contribution is -0.142. The van der Waals surface area contributed by atoms with Crippen LogP contribution in [0.25, 0.3) is 11.3 Å². The van der Waals surface area contributed by atoms with Gasteiger partial charge in [-0.25, -0.2) is 4.98 Å². The van der Waals surface area contributed by atoms with Crippen molar-refractivity contribution >= 4 is 0 Å². The van der Waals surface area contributed by atoms with Crippen LogP contribution in [0.5, 0.6) is 0 Å². The van der Waals surface area contributed by atoms with Gasteiger partial charge in [0.15, 0.2) is 6.39 Å². The van der Waals surface area contributed by atoms with E-state index in [0.717, 1.165) is 18.7 Å². The van der Waals surface area contributed by atoms with Gasteiger partial charge in [-0.3, -0.25) is 0 Å². The summed E-state index contributed by atoms with van der Waals surface area (Å²) >= 11 is 0. The van der Waals surface area contributed by atoms with Crippen molar-refractivity contribution < 1.29 is 30.8 Å². The van der Waals surface area contributed by atoms with E-state index in [9.17, 15) is 26.3 Å². The second kappa shape index (κ2) is 4.29. The number of hydrogen-bond acceptors (Lipinski definition) is 2. The standard InChI is InChI=1S/C11H5F6NO/c12-10(13,14)6-1-2-7(9-4-19-5-18-9)8(3-6)11(15,16)17/h1-5H. The van der Waals surface area contributed by atoms with E-state index < -0.39 is 29.0 Å². The zero-order valence-electron chi connectivity index (χ0n) is 9.01.